The van der Waals surface area contributed by atoms with E-state index in [4.69, 9.17) is 20.8 Å². The molecule has 0 spiro atoms. The Morgan fingerprint density at radius 3 is 2.74 bits per heavy atom. The van der Waals surface area contributed by atoms with Gasteiger partial charge in [-0.2, -0.15) is 10.1 Å². The van der Waals surface area contributed by atoms with Gasteiger partial charge in [0.25, 0.3) is 5.91 Å². The van der Waals surface area contributed by atoms with Gasteiger partial charge in [-0.05, 0) is 61.5 Å². The van der Waals surface area contributed by atoms with Crippen molar-refractivity contribution >= 4 is 56.9 Å². The number of carbonyl (C=O) groups excluding carboxylic acids is 2. The zero-order valence-electron chi connectivity index (χ0n) is 16.6. The number of methoxy groups -OCH3 is 1. The minimum atomic E-state index is -0.531. The maximum atomic E-state index is 12.9. The minimum absolute atomic E-state index is 0.243. The van der Waals surface area contributed by atoms with Crippen LogP contribution in [0.1, 0.15) is 23.0 Å². The van der Waals surface area contributed by atoms with Crippen LogP contribution in [0.25, 0.3) is 17.4 Å². The third kappa shape index (κ3) is 4.19. The maximum Gasteiger partial charge on any atom is 0.339 e. The van der Waals surface area contributed by atoms with Gasteiger partial charge < -0.3 is 9.15 Å². The summed E-state index contributed by atoms with van der Waals surface area (Å²) in [6, 6.07) is 15.8. The van der Waals surface area contributed by atoms with Crippen LogP contribution in [-0.4, -0.2) is 24.7 Å². The van der Waals surface area contributed by atoms with E-state index in [2.05, 4.69) is 21.0 Å². The average molecular weight is 500 g/mol. The lowest BCUT2D eigenvalue weighted by Crippen LogP contribution is -2.21. The van der Waals surface area contributed by atoms with Gasteiger partial charge in [-0.3, -0.25) is 4.79 Å². The number of anilines is 1. The molecule has 0 atom stereocenters. The number of hydrazone groups is 1. The van der Waals surface area contributed by atoms with Gasteiger partial charge in [0.15, 0.2) is 0 Å². The number of hydrogen-bond donors (Lipinski definition) is 0. The smallest absolute Gasteiger partial charge is 0.339 e. The van der Waals surface area contributed by atoms with Crippen molar-refractivity contribution in [2.24, 2.45) is 5.10 Å². The number of benzene rings is 2. The standard InChI is InChI=1S/C23H16BrClN2O4/c1-13-18(22(28)27(26-13)16-5-3-4-15(24)11-16)12-17-7-9-21(31-17)14-6-8-20(25)19(10-14)23(29)30-2/h3-12H,1-2H3/b18-12-. The highest BCUT2D eigenvalue weighted by Crippen LogP contribution is 2.30. The van der Waals surface area contributed by atoms with Crippen LogP contribution in [0, 0.1) is 0 Å². The van der Waals surface area contributed by atoms with E-state index in [1.807, 2.05) is 24.3 Å². The van der Waals surface area contributed by atoms with E-state index in [9.17, 15) is 9.59 Å². The molecule has 0 N–H and O–H groups in total. The van der Waals surface area contributed by atoms with Crippen LogP contribution >= 0.6 is 27.5 Å². The summed E-state index contributed by atoms with van der Waals surface area (Å²) in [6.07, 6.45) is 1.65. The van der Waals surface area contributed by atoms with Crippen molar-refractivity contribution in [3.63, 3.8) is 0 Å². The number of ether oxygens (including phenoxy) is 1. The Kier molecular flexibility index (Phi) is 5.80. The second-order valence-corrected chi connectivity index (χ2v) is 8.05. The zero-order valence-corrected chi connectivity index (χ0v) is 18.9. The van der Waals surface area contributed by atoms with Crippen molar-refractivity contribution in [2.45, 2.75) is 6.92 Å². The summed E-state index contributed by atoms with van der Waals surface area (Å²) in [6.45, 7) is 1.77. The van der Waals surface area contributed by atoms with Gasteiger partial charge in [0.05, 0.1) is 34.7 Å². The molecule has 0 saturated heterocycles. The Morgan fingerprint density at radius 1 is 1.19 bits per heavy atom. The van der Waals surface area contributed by atoms with Crippen molar-refractivity contribution in [1.29, 1.82) is 0 Å². The van der Waals surface area contributed by atoms with Crippen LogP contribution in [0.2, 0.25) is 5.02 Å². The number of hydrogen-bond acceptors (Lipinski definition) is 5. The van der Waals surface area contributed by atoms with E-state index >= 15 is 0 Å². The van der Waals surface area contributed by atoms with E-state index in [0.29, 0.717) is 39.1 Å². The van der Waals surface area contributed by atoms with Crippen molar-refractivity contribution < 1.29 is 18.7 Å². The Bertz CT molecular complexity index is 1260. The molecule has 0 fully saturated rings. The van der Waals surface area contributed by atoms with Crippen LogP contribution in [0.15, 0.2) is 74.2 Å². The second kappa shape index (κ2) is 8.53. The first kappa shape index (κ1) is 21.1. The first-order chi connectivity index (χ1) is 14.9. The molecule has 0 radical (unpaired) electrons. The molecular weight excluding hydrogens is 484 g/mol. The molecule has 8 heteroatoms. The summed E-state index contributed by atoms with van der Waals surface area (Å²) in [4.78, 5) is 24.8. The number of rotatable bonds is 4. The molecule has 156 valence electrons. The molecule has 2 aromatic carbocycles. The van der Waals surface area contributed by atoms with Crippen LogP contribution in [0.4, 0.5) is 5.69 Å². The Morgan fingerprint density at radius 2 is 2.00 bits per heavy atom. The van der Waals surface area contributed by atoms with Crippen molar-refractivity contribution in [3.05, 3.63) is 81.0 Å². The lowest BCUT2D eigenvalue weighted by Gasteiger charge is -2.11. The molecule has 1 amide bonds. The predicted octanol–water partition coefficient (Wildman–Crippen LogP) is 5.96. The molecule has 2 heterocycles. The fraction of sp³-hybridized carbons (Fsp3) is 0.0870. The van der Waals surface area contributed by atoms with Crippen LogP contribution < -0.4 is 5.01 Å². The average Bonchev–Trinajstić information content (AvgIpc) is 3.34. The van der Waals surface area contributed by atoms with Crippen molar-refractivity contribution in [3.8, 4) is 11.3 Å². The van der Waals surface area contributed by atoms with Gasteiger partial charge in [0, 0.05) is 10.0 Å². The van der Waals surface area contributed by atoms with Crippen molar-refractivity contribution in [2.75, 3.05) is 12.1 Å². The molecule has 0 unspecified atom stereocenters. The van der Waals surface area contributed by atoms with Crippen LogP contribution in [0.5, 0.6) is 0 Å². The zero-order chi connectivity index (χ0) is 22.1. The fourth-order valence-corrected chi connectivity index (χ4v) is 3.72. The summed E-state index contributed by atoms with van der Waals surface area (Å²) in [5, 5.41) is 6.03. The normalized spacial score (nSPS) is 14.8. The number of halogens is 2. The summed E-state index contributed by atoms with van der Waals surface area (Å²) in [7, 11) is 1.29. The highest BCUT2D eigenvalue weighted by Gasteiger charge is 2.29. The van der Waals surface area contributed by atoms with E-state index < -0.39 is 5.97 Å². The maximum absolute atomic E-state index is 12.9. The highest BCUT2D eigenvalue weighted by molar-refractivity contribution is 9.10. The summed E-state index contributed by atoms with van der Waals surface area (Å²) >= 11 is 9.49. The number of amides is 1. The van der Waals surface area contributed by atoms with Gasteiger partial charge in [0.2, 0.25) is 0 Å². The van der Waals surface area contributed by atoms with Gasteiger partial charge in [0.1, 0.15) is 11.5 Å². The van der Waals surface area contributed by atoms with E-state index in [1.54, 1.807) is 43.3 Å². The van der Waals surface area contributed by atoms with Gasteiger partial charge in [-0.15, -0.1) is 0 Å². The monoisotopic (exact) mass is 498 g/mol. The molecule has 3 aromatic rings. The summed E-state index contributed by atoms with van der Waals surface area (Å²) < 4.78 is 11.5. The first-order valence-electron chi connectivity index (χ1n) is 9.23. The number of esters is 1. The first-order valence-corrected chi connectivity index (χ1v) is 10.4. The highest BCUT2D eigenvalue weighted by atomic mass is 79.9. The van der Waals surface area contributed by atoms with Crippen molar-refractivity contribution in [1.82, 2.24) is 0 Å². The third-order valence-corrected chi connectivity index (χ3v) is 5.51. The van der Waals surface area contributed by atoms with Gasteiger partial charge in [-0.1, -0.05) is 33.6 Å². The lowest BCUT2D eigenvalue weighted by atomic mass is 10.1. The molecule has 31 heavy (non-hydrogen) atoms. The topological polar surface area (TPSA) is 72.1 Å². The molecule has 0 aliphatic carbocycles. The molecule has 1 aromatic heterocycles. The fourth-order valence-electron chi connectivity index (χ4n) is 3.14. The largest absolute Gasteiger partial charge is 0.465 e. The van der Waals surface area contributed by atoms with E-state index in [-0.39, 0.29) is 11.5 Å². The quantitative estimate of drug-likeness (QED) is 0.328. The molecule has 0 saturated carbocycles. The molecule has 4 rings (SSSR count). The Labute approximate surface area is 191 Å². The SMILES string of the molecule is COC(=O)c1cc(-c2ccc(/C=C3\C(=O)N(c4cccc(Br)c4)N=C3C)o2)ccc1Cl. The molecule has 0 bridgehead atoms. The number of nitrogens with zero attached hydrogens (tertiary/aromatic N) is 2. The molecule has 1 aliphatic heterocycles. The van der Waals surface area contributed by atoms with Crippen LogP contribution in [-0.2, 0) is 9.53 Å². The van der Waals surface area contributed by atoms with Crippen LogP contribution in [0.3, 0.4) is 0 Å². The third-order valence-electron chi connectivity index (χ3n) is 4.68. The Hall–Kier alpha value is -3.16. The van der Waals surface area contributed by atoms with Gasteiger partial charge in [-0.25, -0.2) is 4.79 Å². The Balaban J connectivity index is 1.62. The predicted molar refractivity (Wildman–Crippen MR) is 123 cm³/mol. The molecular formula is C23H16BrClN2O4. The lowest BCUT2D eigenvalue weighted by molar-refractivity contribution is -0.114. The number of carbonyl (C=O) groups is 2. The second-order valence-electron chi connectivity index (χ2n) is 6.73. The minimum Gasteiger partial charge on any atom is -0.465 e. The summed E-state index contributed by atoms with van der Waals surface area (Å²) in [5.74, 6) is 0.237. The number of furan rings is 1. The molecule has 1 aliphatic rings. The molecule has 6 nitrogen and oxygen atoms in total. The van der Waals surface area contributed by atoms with Gasteiger partial charge >= 0.3 is 5.97 Å². The summed E-state index contributed by atoms with van der Waals surface area (Å²) in [5.41, 5.74) is 2.60. The van der Waals surface area contributed by atoms with E-state index in [1.165, 1.54) is 12.1 Å². The van der Waals surface area contributed by atoms with E-state index in [0.717, 1.165) is 4.47 Å².